The highest BCUT2D eigenvalue weighted by Gasteiger charge is 2.24. The molecule has 2 atom stereocenters. The van der Waals surface area contributed by atoms with Crippen molar-refractivity contribution in [3.05, 3.63) is 0 Å². The summed E-state index contributed by atoms with van der Waals surface area (Å²) in [5.74, 6) is -0.395. The molecule has 5 nitrogen and oxygen atoms in total. The van der Waals surface area contributed by atoms with Crippen LogP contribution in [0.5, 0.6) is 0 Å². The van der Waals surface area contributed by atoms with Crippen LogP contribution in [0.15, 0.2) is 0 Å². The second kappa shape index (κ2) is 6.48. The Hall–Kier alpha value is -1.10. The molecule has 0 aromatic rings. The standard InChI is InChI=1S/C11H20N2O3/c1-8(12-7-14)10(15)11(16)13-9-5-3-2-4-6-9/h7-10,15H,2-6H2,1H3,(H,12,14)(H,13,16). The highest BCUT2D eigenvalue weighted by molar-refractivity contribution is 5.81. The van der Waals surface area contributed by atoms with Crippen molar-refractivity contribution in [3.8, 4) is 0 Å². The fourth-order valence-corrected chi connectivity index (χ4v) is 1.96. The molecule has 2 unspecified atom stereocenters. The van der Waals surface area contributed by atoms with E-state index >= 15 is 0 Å². The molecule has 0 spiro atoms. The van der Waals surface area contributed by atoms with Gasteiger partial charge in [0.1, 0.15) is 0 Å². The zero-order chi connectivity index (χ0) is 12.0. The van der Waals surface area contributed by atoms with E-state index in [2.05, 4.69) is 10.6 Å². The smallest absolute Gasteiger partial charge is 0.251 e. The van der Waals surface area contributed by atoms with Crippen LogP contribution in [0.4, 0.5) is 0 Å². The lowest BCUT2D eigenvalue weighted by molar-refractivity contribution is -0.131. The molecular weight excluding hydrogens is 208 g/mol. The van der Waals surface area contributed by atoms with Gasteiger partial charge >= 0.3 is 0 Å². The van der Waals surface area contributed by atoms with E-state index in [0.717, 1.165) is 25.7 Å². The molecule has 0 bridgehead atoms. The molecule has 0 aliphatic heterocycles. The first-order valence-electron chi connectivity index (χ1n) is 5.83. The predicted octanol–water partition coefficient (Wildman–Crippen LogP) is -0.0693. The fraction of sp³-hybridized carbons (Fsp3) is 0.818. The quantitative estimate of drug-likeness (QED) is 0.576. The first-order valence-corrected chi connectivity index (χ1v) is 5.83. The minimum atomic E-state index is -1.17. The van der Waals surface area contributed by atoms with Gasteiger partial charge in [-0.3, -0.25) is 9.59 Å². The van der Waals surface area contributed by atoms with Crippen molar-refractivity contribution in [2.24, 2.45) is 0 Å². The van der Waals surface area contributed by atoms with Gasteiger partial charge in [0.05, 0.1) is 6.04 Å². The molecule has 16 heavy (non-hydrogen) atoms. The topological polar surface area (TPSA) is 78.4 Å². The Morgan fingerprint density at radius 1 is 1.38 bits per heavy atom. The van der Waals surface area contributed by atoms with Crippen LogP contribution in [0.3, 0.4) is 0 Å². The van der Waals surface area contributed by atoms with E-state index in [9.17, 15) is 14.7 Å². The maximum Gasteiger partial charge on any atom is 0.251 e. The summed E-state index contributed by atoms with van der Waals surface area (Å²) < 4.78 is 0. The van der Waals surface area contributed by atoms with Crippen LogP contribution >= 0.6 is 0 Å². The molecule has 2 amide bonds. The Kier molecular flexibility index (Phi) is 5.25. The summed E-state index contributed by atoms with van der Waals surface area (Å²) in [5, 5.41) is 14.8. The lowest BCUT2D eigenvalue weighted by Gasteiger charge is -2.25. The van der Waals surface area contributed by atoms with E-state index in [1.165, 1.54) is 6.42 Å². The van der Waals surface area contributed by atoms with Crippen molar-refractivity contribution < 1.29 is 14.7 Å². The SMILES string of the molecule is CC(NC=O)C(O)C(=O)NC1CCCCC1. The maximum atomic E-state index is 11.6. The van der Waals surface area contributed by atoms with Crippen LogP contribution in [0, 0.1) is 0 Å². The molecule has 1 saturated carbocycles. The van der Waals surface area contributed by atoms with Crippen LogP contribution < -0.4 is 10.6 Å². The predicted molar refractivity (Wildman–Crippen MR) is 59.7 cm³/mol. The van der Waals surface area contributed by atoms with Gasteiger partial charge in [-0.25, -0.2) is 0 Å². The molecule has 1 rings (SSSR count). The Morgan fingerprint density at radius 2 is 2.00 bits per heavy atom. The summed E-state index contributed by atoms with van der Waals surface area (Å²) in [6.45, 7) is 1.60. The second-order valence-electron chi connectivity index (χ2n) is 4.36. The third-order valence-corrected chi connectivity index (χ3v) is 3.02. The van der Waals surface area contributed by atoms with Crippen molar-refractivity contribution in [2.75, 3.05) is 0 Å². The van der Waals surface area contributed by atoms with E-state index in [1.54, 1.807) is 6.92 Å². The molecule has 0 aromatic carbocycles. The van der Waals surface area contributed by atoms with Crippen LogP contribution in [-0.4, -0.2) is 35.6 Å². The number of amides is 2. The highest BCUT2D eigenvalue weighted by atomic mass is 16.3. The lowest BCUT2D eigenvalue weighted by Crippen LogP contribution is -2.49. The van der Waals surface area contributed by atoms with E-state index in [0.29, 0.717) is 6.41 Å². The normalized spacial score (nSPS) is 20.9. The van der Waals surface area contributed by atoms with Gasteiger partial charge in [-0.15, -0.1) is 0 Å². The Morgan fingerprint density at radius 3 is 2.56 bits per heavy atom. The Bertz CT molecular complexity index is 239. The number of hydrogen-bond acceptors (Lipinski definition) is 3. The van der Waals surface area contributed by atoms with Gasteiger partial charge in [-0.1, -0.05) is 19.3 Å². The van der Waals surface area contributed by atoms with Gasteiger partial charge in [-0.05, 0) is 19.8 Å². The number of nitrogens with one attached hydrogen (secondary N) is 2. The Balaban J connectivity index is 2.34. The van der Waals surface area contributed by atoms with Gasteiger partial charge in [0.2, 0.25) is 6.41 Å². The monoisotopic (exact) mass is 228 g/mol. The van der Waals surface area contributed by atoms with Crippen LogP contribution in [0.1, 0.15) is 39.0 Å². The van der Waals surface area contributed by atoms with Gasteiger partial charge in [0, 0.05) is 6.04 Å². The van der Waals surface area contributed by atoms with E-state index in [4.69, 9.17) is 0 Å². The van der Waals surface area contributed by atoms with Gasteiger partial charge in [0.25, 0.3) is 5.91 Å². The van der Waals surface area contributed by atoms with Crippen molar-refractivity contribution in [1.82, 2.24) is 10.6 Å². The number of carbonyl (C=O) groups excluding carboxylic acids is 2. The van der Waals surface area contributed by atoms with Crippen LogP contribution in [0.25, 0.3) is 0 Å². The molecule has 0 radical (unpaired) electrons. The molecule has 0 saturated heterocycles. The van der Waals surface area contributed by atoms with Crippen molar-refractivity contribution >= 4 is 12.3 Å². The first kappa shape index (κ1) is 13.0. The molecule has 3 N–H and O–H groups in total. The summed E-state index contributed by atoms with van der Waals surface area (Å²) >= 11 is 0. The average molecular weight is 228 g/mol. The second-order valence-corrected chi connectivity index (χ2v) is 4.36. The number of carbonyl (C=O) groups is 2. The molecular formula is C11H20N2O3. The summed E-state index contributed by atoms with van der Waals surface area (Å²) in [6, 6.07) is -0.375. The molecule has 1 aliphatic carbocycles. The van der Waals surface area contributed by atoms with Crippen molar-refractivity contribution in [2.45, 2.75) is 57.2 Å². The molecule has 0 aromatic heterocycles. The van der Waals surface area contributed by atoms with Crippen LogP contribution in [0.2, 0.25) is 0 Å². The van der Waals surface area contributed by atoms with Crippen LogP contribution in [-0.2, 0) is 9.59 Å². The minimum absolute atomic E-state index is 0.180. The number of aliphatic hydroxyl groups is 1. The molecule has 1 fully saturated rings. The summed E-state index contributed by atoms with van der Waals surface area (Å²) in [7, 11) is 0. The number of rotatable bonds is 5. The maximum absolute atomic E-state index is 11.6. The summed E-state index contributed by atoms with van der Waals surface area (Å²) in [5.41, 5.74) is 0. The fourth-order valence-electron chi connectivity index (χ4n) is 1.96. The molecule has 1 aliphatic rings. The zero-order valence-electron chi connectivity index (χ0n) is 9.61. The van der Waals surface area contributed by atoms with E-state index in [1.807, 2.05) is 0 Å². The van der Waals surface area contributed by atoms with Crippen molar-refractivity contribution in [1.29, 1.82) is 0 Å². The minimum Gasteiger partial charge on any atom is -0.381 e. The zero-order valence-corrected chi connectivity index (χ0v) is 9.61. The third kappa shape index (κ3) is 3.81. The van der Waals surface area contributed by atoms with Crippen molar-refractivity contribution in [3.63, 3.8) is 0 Å². The Labute approximate surface area is 95.6 Å². The average Bonchev–Trinajstić information content (AvgIpc) is 2.29. The molecule has 5 heteroatoms. The van der Waals surface area contributed by atoms with Gasteiger partial charge in [-0.2, -0.15) is 0 Å². The highest BCUT2D eigenvalue weighted by Crippen LogP contribution is 2.17. The largest absolute Gasteiger partial charge is 0.381 e. The number of aliphatic hydroxyl groups excluding tert-OH is 1. The summed E-state index contributed by atoms with van der Waals surface area (Å²) in [6.07, 6.45) is 4.75. The number of hydrogen-bond donors (Lipinski definition) is 3. The third-order valence-electron chi connectivity index (χ3n) is 3.02. The molecule has 92 valence electrons. The lowest BCUT2D eigenvalue weighted by atomic mass is 9.95. The van der Waals surface area contributed by atoms with Gasteiger partial charge < -0.3 is 15.7 Å². The molecule has 0 heterocycles. The van der Waals surface area contributed by atoms with E-state index in [-0.39, 0.29) is 6.04 Å². The summed E-state index contributed by atoms with van der Waals surface area (Å²) in [4.78, 5) is 21.8. The first-order chi connectivity index (χ1) is 7.65. The van der Waals surface area contributed by atoms with E-state index < -0.39 is 18.1 Å². The van der Waals surface area contributed by atoms with Gasteiger partial charge in [0.15, 0.2) is 6.10 Å².